The summed E-state index contributed by atoms with van der Waals surface area (Å²) in [5.74, 6) is -0.263. The lowest BCUT2D eigenvalue weighted by molar-refractivity contribution is -0.143. The van der Waals surface area contributed by atoms with E-state index in [1.807, 2.05) is 0 Å². The van der Waals surface area contributed by atoms with Gasteiger partial charge in [-0.15, -0.1) is 0 Å². The van der Waals surface area contributed by atoms with Crippen LogP contribution in [-0.4, -0.2) is 38.5 Å². The molecule has 1 heterocycles. The lowest BCUT2D eigenvalue weighted by Crippen LogP contribution is -2.16. The van der Waals surface area contributed by atoms with E-state index < -0.39 is 0 Å². The van der Waals surface area contributed by atoms with Gasteiger partial charge in [-0.05, 0) is 6.42 Å². The Balaban J connectivity index is 1.91. The molecule has 0 amide bonds. The van der Waals surface area contributed by atoms with Crippen molar-refractivity contribution >= 4 is 5.97 Å². The van der Waals surface area contributed by atoms with Gasteiger partial charge in [0.2, 0.25) is 0 Å². The van der Waals surface area contributed by atoms with Gasteiger partial charge in [0, 0.05) is 13.5 Å². The van der Waals surface area contributed by atoms with Crippen LogP contribution in [0.2, 0.25) is 0 Å². The topological polar surface area (TPSA) is 44.8 Å². The van der Waals surface area contributed by atoms with E-state index in [-0.39, 0.29) is 12.1 Å². The van der Waals surface area contributed by atoms with Gasteiger partial charge in [0.05, 0.1) is 19.3 Å². The maximum Gasteiger partial charge on any atom is 0.302 e. The Morgan fingerprint density at radius 3 is 3.00 bits per heavy atom. The Morgan fingerprint density at radius 1 is 1.58 bits per heavy atom. The molecule has 0 bridgehead atoms. The zero-order valence-electron chi connectivity index (χ0n) is 7.25. The van der Waals surface area contributed by atoms with Gasteiger partial charge in [-0.1, -0.05) is 0 Å². The first kappa shape index (κ1) is 9.48. The molecule has 4 nitrogen and oxygen atoms in total. The normalized spacial score (nSPS) is 22.6. The van der Waals surface area contributed by atoms with Gasteiger partial charge in [-0.25, -0.2) is 0 Å². The summed E-state index contributed by atoms with van der Waals surface area (Å²) in [6.45, 7) is 3.64. The lowest BCUT2D eigenvalue weighted by Gasteiger charge is -2.08. The van der Waals surface area contributed by atoms with Gasteiger partial charge in [-0.3, -0.25) is 4.79 Å². The van der Waals surface area contributed by atoms with E-state index in [0.717, 1.165) is 13.0 Å². The maximum absolute atomic E-state index is 10.3. The fourth-order valence-corrected chi connectivity index (χ4v) is 1.04. The van der Waals surface area contributed by atoms with Gasteiger partial charge >= 0.3 is 5.97 Å². The minimum atomic E-state index is -0.263. The molecule has 1 atom stereocenters. The molecule has 4 heteroatoms. The summed E-state index contributed by atoms with van der Waals surface area (Å²) >= 11 is 0. The molecule has 1 rings (SSSR count). The molecule has 0 saturated carbocycles. The Bertz CT molecular complexity index is 140. The monoisotopic (exact) mass is 174 g/mol. The first-order chi connectivity index (χ1) is 5.79. The number of esters is 1. The molecule has 0 aromatic heterocycles. The van der Waals surface area contributed by atoms with Crippen LogP contribution >= 0.6 is 0 Å². The van der Waals surface area contributed by atoms with Crippen molar-refractivity contribution in [2.75, 3.05) is 26.4 Å². The van der Waals surface area contributed by atoms with E-state index in [2.05, 4.69) is 0 Å². The number of ether oxygens (including phenoxy) is 3. The summed E-state index contributed by atoms with van der Waals surface area (Å²) in [5, 5.41) is 0. The van der Waals surface area contributed by atoms with E-state index in [0.29, 0.717) is 19.8 Å². The van der Waals surface area contributed by atoms with E-state index in [1.54, 1.807) is 0 Å². The number of rotatable bonds is 4. The second-order valence-electron chi connectivity index (χ2n) is 2.70. The molecule has 0 unspecified atom stereocenters. The van der Waals surface area contributed by atoms with Crippen LogP contribution in [0.4, 0.5) is 0 Å². The average Bonchev–Trinajstić information content (AvgIpc) is 2.49. The first-order valence-electron chi connectivity index (χ1n) is 4.12. The van der Waals surface area contributed by atoms with Gasteiger partial charge in [-0.2, -0.15) is 0 Å². The molecule has 0 aromatic carbocycles. The smallest absolute Gasteiger partial charge is 0.302 e. The zero-order valence-corrected chi connectivity index (χ0v) is 7.25. The van der Waals surface area contributed by atoms with Crippen LogP contribution in [-0.2, 0) is 19.0 Å². The molecule has 1 fully saturated rings. The van der Waals surface area contributed by atoms with Crippen LogP contribution in [0.1, 0.15) is 13.3 Å². The number of carbonyl (C=O) groups is 1. The van der Waals surface area contributed by atoms with Crippen LogP contribution in [0.25, 0.3) is 0 Å². The van der Waals surface area contributed by atoms with Crippen molar-refractivity contribution in [3.05, 3.63) is 0 Å². The largest absolute Gasteiger partial charge is 0.463 e. The van der Waals surface area contributed by atoms with E-state index >= 15 is 0 Å². The van der Waals surface area contributed by atoms with Crippen LogP contribution in [0.5, 0.6) is 0 Å². The lowest BCUT2D eigenvalue weighted by atomic mass is 10.3. The zero-order chi connectivity index (χ0) is 8.81. The van der Waals surface area contributed by atoms with E-state index in [1.165, 1.54) is 6.92 Å². The minimum absolute atomic E-state index is 0.195. The summed E-state index contributed by atoms with van der Waals surface area (Å²) in [4.78, 5) is 10.3. The molecule has 0 radical (unpaired) electrons. The molecule has 1 aliphatic rings. The number of carbonyl (C=O) groups excluding carboxylic acids is 1. The van der Waals surface area contributed by atoms with Crippen LogP contribution in [0, 0.1) is 0 Å². The third-order valence-corrected chi connectivity index (χ3v) is 1.63. The highest BCUT2D eigenvalue weighted by Gasteiger charge is 2.15. The molecular formula is C8H14O4. The molecular weight excluding hydrogens is 160 g/mol. The number of hydrogen-bond acceptors (Lipinski definition) is 4. The van der Waals surface area contributed by atoms with Gasteiger partial charge in [0.15, 0.2) is 0 Å². The highest BCUT2D eigenvalue weighted by atomic mass is 16.6. The van der Waals surface area contributed by atoms with Crippen molar-refractivity contribution in [2.24, 2.45) is 0 Å². The summed E-state index contributed by atoms with van der Waals surface area (Å²) in [6.07, 6.45) is 1.14. The maximum atomic E-state index is 10.3. The van der Waals surface area contributed by atoms with Gasteiger partial charge < -0.3 is 14.2 Å². The predicted molar refractivity (Wildman–Crippen MR) is 41.8 cm³/mol. The van der Waals surface area contributed by atoms with Crippen LogP contribution in [0.3, 0.4) is 0 Å². The van der Waals surface area contributed by atoms with Crippen molar-refractivity contribution in [3.8, 4) is 0 Å². The Labute approximate surface area is 71.8 Å². The van der Waals surface area contributed by atoms with Crippen molar-refractivity contribution in [2.45, 2.75) is 19.4 Å². The highest BCUT2D eigenvalue weighted by Crippen LogP contribution is 2.07. The molecule has 0 N–H and O–H groups in total. The SMILES string of the molecule is CC(=O)OCCO[C@H]1CCOC1. The van der Waals surface area contributed by atoms with E-state index in [4.69, 9.17) is 14.2 Å². The second kappa shape index (κ2) is 5.11. The second-order valence-corrected chi connectivity index (χ2v) is 2.70. The first-order valence-corrected chi connectivity index (χ1v) is 4.12. The molecule has 0 spiro atoms. The fraction of sp³-hybridized carbons (Fsp3) is 0.875. The third-order valence-electron chi connectivity index (χ3n) is 1.63. The Kier molecular flexibility index (Phi) is 4.04. The number of hydrogen-bond donors (Lipinski definition) is 0. The predicted octanol–water partition coefficient (Wildman–Crippen LogP) is 0.355. The third kappa shape index (κ3) is 3.69. The molecule has 0 aromatic rings. The molecule has 1 saturated heterocycles. The highest BCUT2D eigenvalue weighted by molar-refractivity contribution is 5.65. The summed E-state index contributed by atoms with van der Waals surface area (Å²) < 4.78 is 15.2. The molecule has 12 heavy (non-hydrogen) atoms. The van der Waals surface area contributed by atoms with Crippen molar-refractivity contribution in [1.29, 1.82) is 0 Å². The van der Waals surface area contributed by atoms with Crippen LogP contribution < -0.4 is 0 Å². The van der Waals surface area contributed by atoms with Crippen molar-refractivity contribution in [1.82, 2.24) is 0 Å². The van der Waals surface area contributed by atoms with Gasteiger partial charge in [0.1, 0.15) is 6.61 Å². The van der Waals surface area contributed by atoms with Gasteiger partial charge in [0.25, 0.3) is 0 Å². The van der Waals surface area contributed by atoms with Crippen molar-refractivity contribution in [3.63, 3.8) is 0 Å². The summed E-state index contributed by atoms with van der Waals surface area (Å²) in [5.41, 5.74) is 0. The molecule has 1 aliphatic heterocycles. The Morgan fingerprint density at radius 2 is 2.42 bits per heavy atom. The quantitative estimate of drug-likeness (QED) is 0.456. The average molecular weight is 174 g/mol. The summed E-state index contributed by atoms with van der Waals surface area (Å²) in [6, 6.07) is 0. The standard InChI is InChI=1S/C8H14O4/c1-7(9)11-4-5-12-8-2-3-10-6-8/h8H,2-6H2,1H3/t8-/m0/s1. The van der Waals surface area contributed by atoms with E-state index in [9.17, 15) is 4.79 Å². The van der Waals surface area contributed by atoms with Crippen LogP contribution in [0.15, 0.2) is 0 Å². The minimum Gasteiger partial charge on any atom is -0.463 e. The Hall–Kier alpha value is -0.610. The fourth-order valence-electron chi connectivity index (χ4n) is 1.04. The van der Waals surface area contributed by atoms with Crippen molar-refractivity contribution < 1.29 is 19.0 Å². The summed E-state index contributed by atoms with van der Waals surface area (Å²) in [7, 11) is 0. The molecule has 70 valence electrons. The molecule has 0 aliphatic carbocycles.